The van der Waals surface area contributed by atoms with E-state index in [4.69, 9.17) is 0 Å². The predicted octanol–water partition coefficient (Wildman–Crippen LogP) is 3.24. The van der Waals surface area contributed by atoms with Crippen LogP contribution in [-0.2, 0) is 6.54 Å². The first-order chi connectivity index (χ1) is 13.6. The van der Waals surface area contributed by atoms with Gasteiger partial charge in [-0.15, -0.1) is 5.10 Å². The molecule has 1 aromatic carbocycles. The molecule has 0 aliphatic heterocycles. The van der Waals surface area contributed by atoms with E-state index in [0.717, 1.165) is 17.1 Å². The van der Waals surface area contributed by atoms with E-state index in [1.165, 1.54) is 22.1 Å². The number of amides is 1. The summed E-state index contributed by atoms with van der Waals surface area (Å²) in [6, 6.07) is 11.6. The van der Waals surface area contributed by atoms with Gasteiger partial charge in [-0.3, -0.25) is 9.48 Å². The summed E-state index contributed by atoms with van der Waals surface area (Å²) in [6.07, 6.45) is 1.47. The molecule has 3 aromatic heterocycles. The first-order valence-corrected chi connectivity index (χ1v) is 9.90. The average molecular weight is 392 g/mol. The van der Waals surface area contributed by atoms with Crippen LogP contribution in [0.3, 0.4) is 0 Å². The summed E-state index contributed by atoms with van der Waals surface area (Å²) in [4.78, 5) is 13.8. The summed E-state index contributed by atoms with van der Waals surface area (Å²) in [5.74, 6) is -0.248. The molecule has 0 aliphatic rings. The van der Waals surface area contributed by atoms with Crippen LogP contribution in [-0.4, -0.2) is 37.2 Å². The molecule has 142 valence electrons. The second kappa shape index (κ2) is 7.77. The van der Waals surface area contributed by atoms with E-state index in [9.17, 15) is 4.79 Å². The Morgan fingerprint density at radius 1 is 1.14 bits per heavy atom. The Kier molecular flexibility index (Phi) is 5.03. The fourth-order valence-electron chi connectivity index (χ4n) is 3.16. The molecule has 0 radical (unpaired) electrons. The fourth-order valence-corrected chi connectivity index (χ4v) is 3.80. The zero-order valence-electron chi connectivity index (χ0n) is 15.7. The van der Waals surface area contributed by atoms with Crippen LogP contribution in [0.4, 0.5) is 0 Å². The molecule has 0 saturated carbocycles. The van der Waals surface area contributed by atoms with Crippen LogP contribution in [0.1, 0.15) is 21.9 Å². The van der Waals surface area contributed by atoms with Crippen molar-refractivity contribution < 1.29 is 4.79 Å². The molecule has 1 amide bonds. The van der Waals surface area contributed by atoms with Gasteiger partial charge in [0.05, 0.1) is 24.1 Å². The summed E-state index contributed by atoms with van der Waals surface area (Å²) >= 11 is 1.67. The van der Waals surface area contributed by atoms with Crippen molar-refractivity contribution in [1.82, 2.24) is 30.1 Å². The number of aryl methyl sites for hydroxylation is 1. The minimum atomic E-state index is -0.248. The maximum absolute atomic E-state index is 12.4. The monoisotopic (exact) mass is 392 g/mol. The minimum absolute atomic E-state index is 0.248. The number of aromatic nitrogens is 5. The third-order valence-corrected chi connectivity index (χ3v) is 5.20. The molecule has 0 aliphatic carbocycles. The van der Waals surface area contributed by atoms with Gasteiger partial charge in [-0.2, -0.15) is 26.3 Å². The number of carbonyl (C=O) groups is 1. The molecule has 0 fully saturated rings. The van der Waals surface area contributed by atoms with Crippen molar-refractivity contribution >= 4 is 17.2 Å². The largest absolute Gasteiger partial charge is 0.349 e. The molecule has 7 nitrogen and oxygen atoms in total. The summed E-state index contributed by atoms with van der Waals surface area (Å²) in [5.41, 5.74) is 5.54. The Balaban J connectivity index is 1.39. The quantitative estimate of drug-likeness (QED) is 0.546. The lowest BCUT2D eigenvalue weighted by molar-refractivity contribution is 0.0946. The SMILES string of the molecule is Cc1nn(CCNC(=O)c2cnn(-c3ccccc3)n2)c(C)c1-c1ccsc1. The van der Waals surface area contributed by atoms with Gasteiger partial charge in [-0.25, -0.2) is 0 Å². The molecular weight excluding hydrogens is 372 g/mol. The van der Waals surface area contributed by atoms with Crippen molar-refractivity contribution in [1.29, 1.82) is 0 Å². The van der Waals surface area contributed by atoms with Gasteiger partial charge >= 0.3 is 0 Å². The molecule has 0 saturated heterocycles. The summed E-state index contributed by atoms with van der Waals surface area (Å²) in [5, 5.41) is 20.1. The maximum atomic E-state index is 12.4. The molecule has 4 rings (SSSR count). The fraction of sp³-hybridized carbons (Fsp3) is 0.200. The van der Waals surface area contributed by atoms with E-state index >= 15 is 0 Å². The number of benzene rings is 1. The molecule has 0 atom stereocenters. The Labute approximate surface area is 166 Å². The number of nitrogens with one attached hydrogen (secondary N) is 1. The lowest BCUT2D eigenvalue weighted by Crippen LogP contribution is -2.28. The molecule has 8 heteroatoms. The number of hydrogen-bond acceptors (Lipinski definition) is 5. The molecule has 1 N–H and O–H groups in total. The van der Waals surface area contributed by atoms with Gasteiger partial charge in [0.15, 0.2) is 5.69 Å². The van der Waals surface area contributed by atoms with Gasteiger partial charge in [0.1, 0.15) is 0 Å². The Morgan fingerprint density at radius 3 is 2.71 bits per heavy atom. The Hall–Kier alpha value is -3.26. The molecule has 0 unspecified atom stereocenters. The molecule has 28 heavy (non-hydrogen) atoms. The van der Waals surface area contributed by atoms with E-state index in [1.807, 2.05) is 41.9 Å². The van der Waals surface area contributed by atoms with Crippen molar-refractivity contribution in [3.63, 3.8) is 0 Å². The third kappa shape index (κ3) is 3.59. The highest BCUT2D eigenvalue weighted by molar-refractivity contribution is 7.08. The number of para-hydroxylation sites is 1. The lowest BCUT2D eigenvalue weighted by Gasteiger charge is -2.06. The van der Waals surface area contributed by atoms with Crippen molar-refractivity contribution in [3.05, 3.63) is 70.4 Å². The summed E-state index contributed by atoms with van der Waals surface area (Å²) in [6.45, 7) is 5.12. The van der Waals surface area contributed by atoms with E-state index in [0.29, 0.717) is 13.1 Å². The van der Waals surface area contributed by atoms with Crippen molar-refractivity contribution in [3.8, 4) is 16.8 Å². The normalized spacial score (nSPS) is 10.9. The predicted molar refractivity (Wildman–Crippen MR) is 109 cm³/mol. The van der Waals surface area contributed by atoms with Crippen LogP contribution in [0, 0.1) is 13.8 Å². The lowest BCUT2D eigenvalue weighted by atomic mass is 10.1. The number of carbonyl (C=O) groups excluding carboxylic acids is 1. The van der Waals surface area contributed by atoms with E-state index < -0.39 is 0 Å². The van der Waals surface area contributed by atoms with E-state index in [-0.39, 0.29) is 11.6 Å². The van der Waals surface area contributed by atoms with Gasteiger partial charge in [0.25, 0.3) is 5.91 Å². The van der Waals surface area contributed by atoms with Crippen LogP contribution >= 0.6 is 11.3 Å². The van der Waals surface area contributed by atoms with Crippen molar-refractivity contribution in [2.24, 2.45) is 0 Å². The molecule has 3 heterocycles. The minimum Gasteiger partial charge on any atom is -0.349 e. The van der Waals surface area contributed by atoms with Gasteiger partial charge in [0, 0.05) is 17.8 Å². The Morgan fingerprint density at radius 2 is 1.96 bits per heavy atom. The highest BCUT2D eigenvalue weighted by Gasteiger charge is 2.15. The zero-order chi connectivity index (χ0) is 19.5. The summed E-state index contributed by atoms with van der Waals surface area (Å²) in [7, 11) is 0. The standard InChI is InChI=1S/C20H20N6OS/c1-14-19(16-8-11-28-13-16)15(2)25(23-14)10-9-21-20(27)18-12-22-26(24-18)17-6-4-3-5-7-17/h3-8,11-13H,9-10H2,1-2H3,(H,21,27). The smallest absolute Gasteiger partial charge is 0.273 e. The van der Waals surface area contributed by atoms with E-state index in [1.54, 1.807) is 11.3 Å². The van der Waals surface area contributed by atoms with Crippen molar-refractivity contribution in [2.45, 2.75) is 20.4 Å². The second-order valence-electron chi connectivity index (χ2n) is 6.39. The van der Waals surface area contributed by atoms with Crippen LogP contribution in [0.25, 0.3) is 16.8 Å². The van der Waals surface area contributed by atoms with Gasteiger partial charge in [-0.1, -0.05) is 18.2 Å². The van der Waals surface area contributed by atoms with Gasteiger partial charge in [-0.05, 0) is 48.4 Å². The first-order valence-electron chi connectivity index (χ1n) is 8.96. The highest BCUT2D eigenvalue weighted by atomic mass is 32.1. The van der Waals surface area contributed by atoms with Crippen LogP contribution < -0.4 is 5.32 Å². The van der Waals surface area contributed by atoms with Gasteiger partial charge in [0.2, 0.25) is 0 Å². The maximum Gasteiger partial charge on any atom is 0.273 e. The van der Waals surface area contributed by atoms with E-state index in [2.05, 4.69) is 44.4 Å². The number of thiophene rings is 1. The van der Waals surface area contributed by atoms with Crippen LogP contribution in [0.5, 0.6) is 0 Å². The molecule has 0 bridgehead atoms. The van der Waals surface area contributed by atoms with Crippen molar-refractivity contribution in [2.75, 3.05) is 6.54 Å². The third-order valence-electron chi connectivity index (χ3n) is 4.51. The van der Waals surface area contributed by atoms with Gasteiger partial charge < -0.3 is 5.32 Å². The van der Waals surface area contributed by atoms with Crippen LogP contribution in [0.2, 0.25) is 0 Å². The summed E-state index contributed by atoms with van der Waals surface area (Å²) < 4.78 is 1.93. The number of rotatable bonds is 6. The second-order valence-corrected chi connectivity index (χ2v) is 7.17. The number of nitrogens with zero attached hydrogens (tertiary/aromatic N) is 5. The molecule has 0 spiro atoms. The average Bonchev–Trinajstić information content (AvgIpc) is 3.44. The molecule has 4 aromatic rings. The molecular formula is C20H20N6OS. The highest BCUT2D eigenvalue weighted by Crippen LogP contribution is 2.28. The first kappa shape index (κ1) is 18.1. The van der Waals surface area contributed by atoms with Crippen LogP contribution in [0.15, 0.2) is 53.4 Å². The number of hydrogen-bond donors (Lipinski definition) is 1. The Bertz CT molecular complexity index is 1080. The zero-order valence-corrected chi connectivity index (χ0v) is 16.5. The topological polar surface area (TPSA) is 77.6 Å².